The van der Waals surface area contributed by atoms with Gasteiger partial charge in [-0.1, -0.05) is 18.2 Å². The van der Waals surface area contributed by atoms with E-state index >= 15 is 0 Å². The summed E-state index contributed by atoms with van der Waals surface area (Å²) in [7, 11) is -2.17. The van der Waals surface area contributed by atoms with Crippen molar-refractivity contribution >= 4 is 21.6 Å². The molecule has 33 heavy (non-hydrogen) atoms. The molecule has 9 nitrogen and oxygen atoms in total. The second-order valence-electron chi connectivity index (χ2n) is 8.12. The molecule has 178 valence electrons. The Bertz CT molecular complexity index is 1080. The number of benzene rings is 2. The van der Waals surface area contributed by atoms with Crippen LogP contribution in [0.2, 0.25) is 0 Å². The van der Waals surface area contributed by atoms with Gasteiger partial charge in [0.15, 0.2) is 0 Å². The molecule has 0 radical (unpaired) electrons. The summed E-state index contributed by atoms with van der Waals surface area (Å²) in [5.41, 5.74) is 1.25. The third-order valence-electron chi connectivity index (χ3n) is 5.85. The van der Waals surface area contributed by atoms with Gasteiger partial charge in [0.2, 0.25) is 5.91 Å². The molecular weight excluding hydrogens is 448 g/mol. The fourth-order valence-corrected chi connectivity index (χ4v) is 5.41. The first-order chi connectivity index (χ1) is 15.9. The molecule has 0 aliphatic carbocycles. The lowest BCUT2D eigenvalue weighted by Gasteiger charge is -2.37. The number of nitrogens with one attached hydrogen (secondary N) is 2. The van der Waals surface area contributed by atoms with Crippen LogP contribution in [0.1, 0.15) is 24.3 Å². The highest BCUT2D eigenvalue weighted by molar-refractivity contribution is 7.92. The first-order valence-corrected chi connectivity index (χ1v) is 12.3. The summed E-state index contributed by atoms with van der Waals surface area (Å²) in [6.07, 6.45) is -0.721. The number of sulfonamides is 1. The molecule has 4 atom stereocenters. The van der Waals surface area contributed by atoms with Gasteiger partial charge in [0, 0.05) is 30.8 Å². The maximum absolute atomic E-state index is 12.7. The zero-order valence-electron chi connectivity index (χ0n) is 18.3. The predicted molar refractivity (Wildman–Crippen MR) is 121 cm³/mol. The summed E-state index contributed by atoms with van der Waals surface area (Å²) in [5.74, 6) is 0.333. The van der Waals surface area contributed by atoms with Crippen LogP contribution >= 0.6 is 0 Å². The van der Waals surface area contributed by atoms with Crippen LogP contribution in [0, 0.1) is 0 Å². The maximum atomic E-state index is 12.7. The van der Waals surface area contributed by atoms with E-state index in [9.17, 15) is 18.3 Å². The van der Waals surface area contributed by atoms with Crippen LogP contribution in [0.4, 0.5) is 5.69 Å². The zero-order valence-corrected chi connectivity index (χ0v) is 19.1. The number of ether oxygens (including phenoxy) is 3. The second kappa shape index (κ2) is 10.1. The van der Waals surface area contributed by atoms with Gasteiger partial charge in [-0.15, -0.1) is 0 Å². The van der Waals surface area contributed by atoms with Crippen LogP contribution in [0.25, 0.3) is 0 Å². The Morgan fingerprint density at radius 3 is 2.73 bits per heavy atom. The molecule has 2 heterocycles. The van der Waals surface area contributed by atoms with Gasteiger partial charge in [-0.25, -0.2) is 8.42 Å². The van der Waals surface area contributed by atoms with Gasteiger partial charge >= 0.3 is 0 Å². The highest BCUT2D eigenvalue weighted by Crippen LogP contribution is 2.47. The van der Waals surface area contributed by atoms with Crippen molar-refractivity contribution in [2.45, 2.75) is 42.0 Å². The molecule has 2 aliphatic heterocycles. The minimum absolute atomic E-state index is 0.135. The standard InChI is InChI=1S/C23H28N2O7S/c1-30-10-9-24-22(27)13-16-12-19-18-11-15(25-33(28,29)17-5-3-2-4-6-17)7-8-20(18)32-23(19)21(14-26)31-16/h2-8,11,16,19,21,23,25-26H,9-10,12-14H2,1H3,(H,24,27)/t16-,19-,21-,23+/m0/s1. The van der Waals surface area contributed by atoms with E-state index in [0.29, 0.717) is 31.0 Å². The van der Waals surface area contributed by atoms with Crippen LogP contribution in [0.5, 0.6) is 5.75 Å². The average Bonchev–Trinajstić information content (AvgIpc) is 3.17. The molecule has 0 unspecified atom stereocenters. The number of aliphatic hydroxyl groups excluding tert-OH is 1. The topological polar surface area (TPSA) is 123 Å². The number of aliphatic hydroxyl groups is 1. The third-order valence-corrected chi connectivity index (χ3v) is 7.24. The number of carbonyl (C=O) groups is 1. The fourth-order valence-electron chi connectivity index (χ4n) is 4.34. The number of hydrogen-bond donors (Lipinski definition) is 3. The second-order valence-corrected chi connectivity index (χ2v) is 9.80. The summed E-state index contributed by atoms with van der Waals surface area (Å²) in [5, 5.41) is 12.6. The number of hydrogen-bond acceptors (Lipinski definition) is 7. The summed E-state index contributed by atoms with van der Waals surface area (Å²) >= 11 is 0. The summed E-state index contributed by atoms with van der Waals surface area (Å²) < 4.78 is 45.0. The number of amides is 1. The molecule has 2 aromatic carbocycles. The molecular formula is C23H28N2O7S. The summed E-state index contributed by atoms with van der Waals surface area (Å²) in [6, 6.07) is 13.3. The van der Waals surface area contributed by atoms with E-state index in [2.05, 4.69) is 10.0 Å². The molecule has 0 saturated carbocycles. The van der Waals surface area contributed by atoms with Crippen molar-refractivity contribution in [2.24, 2.45) is 0 Å². The maximum Gasteiger partial charge on any atom is 0.261 e. The number of methoxy groups -OCH3 is 1. The lowest BCUT2D eigenvalue weighted by atomic mass is 9.84. The normalized spacial score (nSPS) is 23.8. The number of carbonyl (C=O) groups excluding carboxylic acids is 1. The molecule has 10 heteroatoms. The van der Waals surface area contributed by atoms with Crippen molar-refractivity contribution in [2.75, 3.05) is 31.6 Å². The van der Waals surface area contributed by atoms with E-state index in [4.69, 9.17) is 14.2 Å². The van der Waals surface area contributed by atoms with Gasteiger partial charge in [0.1, 0.15) is 18.0 Å². The van der Waals surface area contributed by atoms with Crippen LogP contribution in [0.15, 0.2) is 53.4 Å². The van der Waals surface area contributed by atoms with E-state index in [1.165, 1.54) is 12.1 Å². The van der Waals surface area contributed by atoms with Crippen LogP contribution in [-0.2, 0) is 24.3 Å². The molecule has 2 aromatic rings. The molecule has 0 aromatic heterocycles. The Morgan fingerprint density at radius 2 is 2.00 bits per heavy atom. The minimum atomic E-state index is -3.73. The molecule has 0 bridgehead atoms. The monoisotopic (exact) mass is 476 g/mol. The van der Waals surface area contributed by atoms with Gasteiger partial charge in [-0.2, -0.15) is 0 Å². The average molecular weight is 477 g/mol. The van der Waals surface area contributed by atoms with Gasteiger partial charge in [0.25, 0.3) is 10.0 Å². The van der Waals surface area contributed by atoms with Crippen molar-refractivity contribution in [1.82, 2.24) is 5.32 Å². The fraction of sp³-hybridized carbons (Fsp3) is 0.435. The molecule has 1 fully saturated rings. The molecule has 1 saturated heterocycles. The lowest BCUT2D eigenvalue weighted by Crippen LogP contribution is -2.47. The third kappa shape index (κ3) is 5.30. The van der Waals surface area contributed by atoms with Gasteiger partial charge in [-0.05, 0) is 36.8 Å². The smallest absolute Gasteiger partial charge is 0.261 e. The highest BCUT2D eigenvalue weighted by Gasteiger charge is 2.46. The predicted octanol–water partition coefficient (Wildman–Crippen LogP) is 1.63. The first-order valence-electron chi connectivity index (χ1n) is 10.8. The van der Waals surface area contributed by atoms with Crippen LogP contribution in [0.3, 0.4) is 0 Å². The highest BCUT2D eigenvalue weighted by atomic mass is 32.2. The van der Waals surface area contributed by atoms with Gasteiger partial charge in [-0.3, -0.25) is 9.52 Å². The Morgan fingerprint density at radius 1 is 1.21 bits per heavy atom. The summed E-state index contributed by atoms with van der Waals surface area (Å²) in [4.78, 5) is 12.4. The van der Waals surface area contributed by atoms with Crippen molar-refractivity contribution < 1.29 is 32.5 Å². The van der Waals surface area contributed by atoms with Gasteiger partial charge in [0.05, 0.1) is 30.6 Å². The molecule has 2 aliphatic rings. The minimum Gasteiger partial charge on any atom is -0.487 e. The Hall–Kier alpha value is -2.66. The van der Waals surface area contributed by atoms with Crippen molar-refractivity contribution in [3.8, 4) is 5.75 Å². The SMILES string of the molecule is COCCNC(=O)C[C@@H]1C[C@H]2c3cc(NS(=O)(=O)c4ccccc4)ccc3O[C@H]2[C@H](CO)O1. The Balaban J connectivity index is 1.51. The molecule has 0 spiro atoms. The van der Waals surface area contributed by atoms with Gasteiger partial charge < -0.3 is 24.6 Å². The first kappa shape index (κ1) is 23.5. The van der Waals surface area contributed by atoms with E-state index in [-0.39, 0.29) is 29.7 Å². The van der Waals surface area contributed by atoms with E-state index in [1.807, 2.05) is 0 Å². The number of fused-ring (bicyclic) bond motifs is 3. The Kier molecular flexibility index (Phi) is 7.18. The van der Waals surface area contributed by atoms with Crippen LogP contribution in [-0.4, -0.2) is 64.6 Å². The van der Waals surface area contributed by atoms with E-state index in [1.54, 1.807) is 43.5 Å². The largest absolute Gasteiger partial charge is 0.487 e. The molecule has 3 N–H and O–H groups in total. The lowest BCUT2D eigenvalue weighted by molar-refractivity contribution is -0.142. The summed E-state index contributed by atoms with van der Waals surface area (Å²) in [6.45, 7) is 0.586. The number of anilines is 1. The molecule has 1 amide bonds. The zero-order chi connectivity index (χ0) is 23.4. The van der Waals surface area contributed by atoms with Crippen molar-refractivity contribution in [3.05, 3.63) is 54.1 Å². The van der Waals surface area contributed by atoms with Crippen molar-refractivity contribution in [1.29, 1.82) is 0 Å². The number of rotatable bonds is 9. The van der Waals surface area contributed by atoms with E-state index < -0.39 is 28.3 Å². The molecule has 4 rings (SSSR count). The van der Waals surface area contributed by atoms with Crippen LogP contribution < -0.4 is 14.8 Å². The van der Waals surface area contributed by atoms with E-state index in [0.717, 1.165) is 5.56 Å². The Labute approximate surface area is 193 Å². The quantitative estimate of drug-likeness (QED) is 0.470. The van der Waals surface area contributed by atoms with Crippen molar-refractivity contribution in [3.63, 3.8) is 0 Å².